The number of carbonyl (C=O) groups excluding carboxylic acids is 3. The Hall–Kier alpha value is -3.95. The van der Waals surface area contributed by atoms with Gasteiger partial charge in [-0.25, -0.2) is 4.79 Å². The Bertz CT molecular complexity index is 1160. The number of barbiturate groups is 1. The molecule has 0 N–H and O–H groups in total. The number of urea groups is 1. The van der Waals surface area contributed by atoms with Crippen LogP contribution in [0.25, 0.3) is 0 Å². The molecule has 4 amide bonds. The highest BCUT2D eigenvalue weighted by atomic mass is 16.6. The van der Waals surface area contributed by atoms with Gasteiger partial charge in [0.2, 0.25) is 11.8 Å². The zero-order valence-electron chi connectivity index (χ0n) is 18.3. The smallest absolute Gasteiger partial charge is 0.332 e. The molecule has 0 aliphatic carbocycles. The van der Waals surface area contributed by atoms with E-state index in [0.717, 1.165) is 21.2 Å². The van der Waals surface area contributed by atoms with Crippen molar-refractivity contribution in [2.75, 3.05) is 43.5 Å². The number of nitrogens with zero attached hydrogens (tertiary/aromatic N) is 5. The summed E-state index contributed by atoms with van der Waals surface area (Å²) < 4.78 is 0. The van der Waals surface area contributed by atoms with E-state index in [2.05, 4.69) is 4.90 Å². The fraction of sp³-hybridized carbons (Fsp3) is 0.348. The van der Waals surface area contributed by atoms with Gasteiger partial charge in [-0.3, -0.25) is 29.5 Å². The van der Waals surface area contributed by atoms with E-state index in [9.17, 15) is 24.5 Å². The molecule has 10 nitrogen and oxygen atoms in total. The Balaban J connectivity index is 1.67. The summed E-state index contributed by atoms with van der Waals surface area (Å²) in [6.07, 6.45) is -0.00651. The predicted molar refractivity (Wildman–Crippen MR) is 120 cm³/mol. The van der Waals surface area contributed by atoms with E-state index >= 15 is 0 Å². The van der Waals surface area contributed by atoms with Gasteiger partial charge >= 0.3 is 6.03 Å². The van der Waals surface area contributed by atoms with Crippen molar-refractivity contribution in [3.63, 3.8) is 0 Å². The first-order valence-corrected chi connectivity index (χ1v) is 10.7. The average Bonchev–Trinajstić information content (AvgIpc) is 2.84. The molecule has 0 unspecified atom stereocenters. The first-order valence-electron chi connectivity index (χ1n) is 10.7. The van der Waals surface area contributed by atoms with Crippen molar-refractivity contribution in [1.82, 2.24) is 9.80 Å². The number of para-hydroxylation sites is 1. The Morgan fingerprint density at radius 2 is 1.64 bits per heavy atom. The molecule has 2 aromatic rings. The summed E-state index contributed by atoms with van der Waals surface area (Å²) in [5.74, 6) is -1.14. The molecule has 0 radical (unpaired) electrons. The number of fused-ring (bicyclic) bond motifs is 4. The quantitative estimate of drug-likeness (QED) is 0.391. The molecule has 2 aromatic carbocycles. The second-order valence-corrected chi connectivity index (χ2v) is 8.72. The van der Waals surface area contributed by atoms with Crippen LogP contribution < -0.4 is 9.80 Å². The number of nitro benzene ring substituents is 1. The molecule has 33 heavy (non-hydrogen) atoms. The number of non-ortho nitro benzene ring substituents is 1. The van der Waals surface area contributed by atoms with Crippen molar-refractivity contribution >= 4 is 34.9 Å². The highest BCUT2D eigenvalue weighted by molar-refractivity contribution is 6.20. The lowest BCUT2D eigenvalue weighted by molar-refractivity contribution is -0.384. The second-order valence-electron chi connectivity index (χ2n) is 8.72. The van der Waals surface area contributed by atoms with Gasteiger partial charge in [0.15, 0.2) is 5.41 Å². The number of amides is 4. The number of rotatable bonds is 2. The molecule has 2 fully saturated rings. The minimum Gasteiger partial charge on any atom is -0.368 e. The van der Waals surface area contributed by atoms with Gasteiger partial charge in [-0.05, 0) is 23.8 Å². The van der Waals surface area contributed by atoms with Crippen LogP contribution in [0.1, 0.15) is 5.56 Å². The maximum absolute atomic E-state index is 13.7. The Morgan fingerprint density at radius 3 is 2.27 bits per heavy atom. The molecule has 5 rings (SSSR count). The summed E-state index contributed by atoms with van der Waals surface area (Å²) in [6, 6.07) is 13.1. The van der Waals surface area contributed by atoms with E-state index in [4.69, 9.17) is 0 Å². The van der Waals surface area contributed by atoms with Crippen LogP contribution in [0, 0.1) is 15.5 Å². The molecular weight excluding hydrogens is 426 g/mol. The molecule has 1 atom stereocenters. The molecule has 3 aliphatic heterocycles. The van der Waals surface area contributed by atoms with Crippen LogP contribution in [-0.2, 0) is 16.0 Å². The van der Waals surface area contributed by atoms with Crippen molar-refractivity contribution in [3.8, 4) is 0 Å². The minimum absolute atomic E-state index is 0.00651. The first kappa shape index (κ1) is 20.9. The van der Waals surface area contributed by atoms with E-state index in [1.54, 1.807) is 6.07 Å². The molecular formula is C23H23N5O5. The van der Waals surface area contributed by atoms with Gasteiger partial charge in [0, 0.05) is 63.7 Å². The van der Waals surface area contributed by atoms with Gasteiger partial charge in [-0.2, -0.15) is 0 Å². The Labute approximate surface area is 190 Å². The third-order valence-corrected chi connectivity index (χ3v) is 7.07. The predicted octanol–water partition coefficient (Wildman–Crippen LogP) is 1.88. The monoisotopic (exact) mass is 449 g/mol. The van der Waals surface area contributed by atoms with E-state index < -0.39 is 34.2 Å². The fourth-order valence-corrected chi connectivity index (χ4v) is 5.42. The fourth-order valence-electron chi connectivity index (χ4n) is 5.42. The Kier molecular flexibility index (Phi) is 4.62. The normalized spacial score (nSPS) is 21.9. The van der Waals surface area contributed by atoms with Gasteiger partial charge in [-0.1, -0.05) is 18.2 Å². The van der Waals surface area contributed by atoms with Crippen molar-refractivity contribution in [2.24, 2.45) is 5.41 Å². The molecule has 0 saturated carbocycles. The van der Waals surface area contributed by atoms with E-state index in [0.29, 0.717) is 25.2 Å². The van der Waals surface area contributed by atoms with Crippen LogP contribution in [0.3, 0.4) is 0 Å². The third-order valence-electron chi connectivity index (χ3n) is 7.07. The largest absolute Gasteiger partial charge is 0.368 e. The average molecular weight is 449 g/mol. The molecule has 0 aromatic heterocycles. The molecule has 3 heterocycles. The SMILES string of the molecule is CN1C(=O)N(C)C(=O)C2(Cc3cc([N+](=O)[O-])ccc3N3CCN(c4ccccc4)C[C@H]32)C1=O. The molecule has 2 saturated heterocycles. The number of imide groups is 2. The number of hydrogen-bond donors (Lipinski definition) is 0. The van der Waals surface area contributed by atoms with E-state index in [-0.39, 0.29) is 12.1 Å². The van der Waals surface area contributed by atoms with Gasteiger partial charge in [0.1, 0.15) is 0 Å². The number of carbonyl (C=O) groups is 3. The zero-order chi connectivity index (χ0) is 23.5. The van der Waals surface area contributed by atoms with Crippen LogP contribution in [0.5, 0.6) is 0 Å². The summed E-state index contributed by atoms with van der Waals surface area (Å²) in [5, 5.41) is 11.4. The number of piperazine rings is 1. The summed E-state index contributed by atoms with van der Waals surface area (Å²) in [6.45, 7) is 1.57. The maximum atomic E-state index is 13.7. The van der Waals surface area contributed by atoms with Crippen molar-refractivity contribution < 1.29 is 19.3 Å². The summed E-state index contributed by atoms with van der Waals surface area (Å²) in [7, 11) is 2.75. The number of hydrogen-bond acceptors (Lipinski definition) is 7. The molecule has 0 bridgehead atoms. The number of nitro groups is 1. The van der Waals surface area contributed by atoms with Gasteiger partial charge in [0.05, 0.1) is 11.0 Å². The second kappa shape index (κ2) is 7.29. The molecule has 1 spiro atoms. The highest BCUT2D eigenvalue weighted by Crippen LogP contribution is 2.47. The Morgan fingerprint density at radius 1 is 0.970 bits per heavy atom. The number of anilines is 2. The van der Waals surface area contributed by atoms with Gasteiger partial charge < -0.3 is 9.80 Å². The maximum Gasteiger partial charge on any atom is 0.332 e. The first-order chi connectivity index (χ1) is 15.8. The van der Waals surface area contributed by atoms with Crippen LogP contribution in [0.15, 0.2) is 48.5 Å². The lowest BCUT2D eigenvalue weighted by Gasteiger charge is -2.56. The lowest BCUT2D eigenvalue weighted by Crippen LogP contribution is -2.74. The van der Waals surface area contributed by atoms with Crippen LogP contribution >= 0.6 is 0 Å². The van der Waals surface area contributed by atoms with E-state index in [1.807, 2.05) is 35.2 Å². The molecule has 170 valence electrons. The minimum atomic E-state index is -1.56. The van der Waals surface area contributed by atoms with Crippen LogP contribution in [0.2, 0.25) is 0 Å². The summed E-state index contributed by atoms with van der Waals surface area (Å²) in [4.78, 5) is 56.9. The standard InChI is InChI=1S/C23H23N5O5/c1-24-20(29)23(21(30)25(2)22(24)31)13-15-12-17(28(32)33)8-9-18(15)27-11-10-26(14-19(23)27)16-6-4-3-5-7-16/h3-9,12,19H,10-11,13-14H2,1-2H3/t19-/m0/s1. The van der Waals surface area contributed by atoms with Crippen LogP contribution in [-0.4, -0.2) is 72.3 Å². The topological polar surface area (TPSA) is 107 Å². The zero-order valence-corrected chi connectivity index (χ0v) is 18.3. The summed E-state index contributed by atoms with van der Waals surface area (Å²) >= 11 is 0. The van der Waals surface area contributed by atoms with E-state index in [1.165, 1.54) is 26.2 Å². The molecule has 3 aliphatic rings. The molecule has 10 heteroatoms. The van der Waals surface area contributed by atoms with Crippen molar-refractivity contribution in [2.45, 2.75) is 12.5 Å². The van der Waals surface area contributed by atoms with Crippen molar-refractivity contribution in [1.29, 1.82) is 0 Å². The lowest BCUT2D eigenvalue weighted by atomic mass is 9.67. The number of benzene rings is 2. The van der Waals surface area contributed by atoms with Crippen molar-refractivity contribution in [3.05, 3.63) is 64.2 Å². The third kappa shape index (κ3) is 2.90. The highest BCUT2D eigenvalue weighted by Gasteiger charge is 2.64. The van der Waals surface area contributed by atoms with Gasteiger partial charge in [-0.15, -0.1) is 0 Å². The van der Waals surface area contributed by atoms with Gasteiger partial charge in [0.25, 0.3) is 5.69 Å². The van der Waals surface area contributed by atoms with Crippen LogP contribution in [0.4, 0.5) is 21.9 Å². The summed E-state index contributed by atoms with van der Waals surface area (Å²) in [5.41, 5.74) is 0.667.